The fourth-order valence-electron chi connectivity index (χ4n) is 1.80. The molecule has 1 aromatic heterocycles. The number of nitrogens with zero attached hydrogens (tertiary/aromatic N) is 2. The Hall–Kier alpha value is -0.100. The lowest BCUT2D eigenvalue weighted by Crippen LogP contribution is -2.31. The second-order valence-corrected chi connectivity index (χ2v) is 4.54. The first-order valence-electron chi connectivity index (χ1n) is 4.62. The maximum Gasteiger partial charge on any atom is 0.103 e. The van der Waals surface area contributed by atoms with Crippen molar-refractivity contribution in [2.24, 2.45) is 0 Å². The van der Waals surface area contributed by atoms with E-state index in [4.69, 9.17) is 0 Å². The van der Waals surface area contributed by atoms with Gasteiger partial charge in [-0.25, -0.2) is 4.98 Å². The monoisotopic (exact) mass is 291 g/mol. The highest BCUT2D eigenvalue weighted by Crippen LogP contribution is 2.16. The van der Waals surface area contributed by atoms with Gasteiger partial charge in [0.2, 0.25) is 0 Å². The summed E-state index contributed by atoms with van der Waals surface area (Å²) in [6.45, 7) is 5.44. The normalized spacial score (nSPS) is 17.4. The van der Waals surface area contributed by atoms with E-state index in [2.05, 4.69) is 37.5 Å². The van der Waals surface area contributed by atoms with Crippen LogP contribution in [0, 0.1) is 6.92 Å². The summed E-state index contributed by atoms with van der Waals surface area (Å²) < 4.78 is 1.21. The number of H-pyrrole nitrogens is 1. The molecule has 1 aliphatic rings. The van der Waals surface area contributed by atoms with Gasteiger partial charge < -0.3 is 4.98 Å². The maximum absolute atomic E-state index is 4.46. The predicted molar refractivity (Wildman–Crippen MR) is 61.2 cm³/mol. The highest BCUT2D eigenvalue weighted by molar-refractivity contribution is 14.1. The smallest absolute Gasteiger partial charge is 0.103 e. The Morgan fingerprint density at radius 2 is 2.46 bits per heavy atom. The third-order valence-corrected chi connectivity index (χ3v) is 2.91. The number of aromatic nitrogens is 2. The van der Waals surface area contributed by atoms with Crippen LogP contribution in [0.15, 0.2) is 0 Å². The quantitative estimate of drug-likeness (QED) is 0.661. The molecule has 0 bridgehead atoms. The van der Waals surface area contributed by atoms with E-state index in [-0.39, 0.29) is 0 Å². The van der Waals surface area contributed by atoms with Crippen molar-refractivity contribution in [2.75, 3.05) is 17.5 Å². The van der Waals surface area contributed by atoms with Crippen molar-refractivity contribution in [3.05, 3.63) is 17.2 Å². The van der Waals surface area contributed by atoms with Gasteiger partial charge >= 0.3 is 0 Å². The minimum atomic E-state index is 1.05. The van der Waals surface area contributed by atoms with Crippen LogP contribution in [0.25, 0.3) is 0 Å². The van der Waals surface area contributed by atoms with Gasteiger partial charge in [0.25, 0.3) is 0 Å². The molecule has 1 aromatic rings. The van der Waals surface area contributed by atoms with Crippen LogP contribution in [-0.2, 0) is 13.0 Å². The Balaban J connectivity index is 2.10. The van der Waals surface area contributed by atoms with Crippen molar-refractivity contribution in [2.45, 2.75) is 19.9 Å². The molecule has 3 nitrogen and oxygen atoms in total. The van der Waals surface area contributed by atoms with Crippen LogP contribution in [-0.4, -0.2) is 32.4 Å². The lowest BCUT2D eigenvalue weighted by molar-refractivity contribution is 0.267. The van der Waals surface area contributed by atoms with Gasteiger partial charge in [0, 0.05) is 30.5 Å². The molecule has 0 radical (unpaired) electrons. The molecule has 0 amide bonds. The van der Waals surface area contributed by atoms with Crippen molar-refractivity contribution < 1.29 is 0 Å². The van der Waals surface area contributed by atoms with Gasteiger partial charge in [-0.15, -0.1) is 0 Å². The van der Waals surface area contributed by atoms with E-state index in [1.807, 2.05) is 6.92 Å². The first-order chi connectivity index (χ1) is 6.29. The van der Waals surface area contributed by atoms with Gasteiger partial charge in [-0.1, -0.05) is 22.6 Å². The van der Waals surface area contributed by atoms with Crippen molar-refractivity contribution in [3.63, 3.8) is 0 Å². The molecule has 0 saturated heterocycles. The zero-order valence-electron chi connectivity index (χ0n) is 7.81. The lowest BCUT2D eigenvalue weighted by Gasteiger charge is -2.24. The fourth-order valence-corrected chi connectivity index (χ4v) is 2.49. The fraction of sp³-hybridized carbons (Fsp3) is 0.667. The first kappa shape index (κ1) is 9.45. The summed E-state index contributed by atoms with van der Waals surface area (Å²) in [6.07, 6.45) is 1.11. The van der Waals surface area contributed by atoms with Gasteiger partial charge in [-0.3, -0.25) is 4.90 Å². The van der Waals surface area contributed by atoms with Crippen molar-refractivity contribution >= 4 is 22.6 Å². The van der Waals surface area contributed by atoms with Crippen LogP contribution in [0.4, 0.5) is 0 Å². The number of rotatable bonds is 2. The molecule has 0 fully saturated rings. The van der Waals surface area contributed by atoms with Gasteiger partial charge in [0.1, 0.15) is 5.82 Å². The van der Waals surface area contributed by atoms with E-state index < -0.39 is 0 Å². The summed E-state index contributed by atoms with van der Waals surface area (Å²) in [4.78, 5) is 10.3. The summed E-state index contributed by atoms with van der Waals surface area (Å²) in [5, 5.41) is 0. The van der Waals surface area contributed by atoms with Gasteiger partial charge in [0.15, 0.2) is 0 Å². The molecule has 0 spiro atoms. The largest absolute Gasteiger partial charge is 0.345 e. The van der Waals surface area contributed by atoms with Crippen LogP contribution >= 0.6 is 22.6 Å². The van der Waals surface area contributed by atoms with Crippen LogP contribution in [0.5, 0.6) is 0 Å². The predicted octanol–water partition coefficient (Wildman–Crippen LogP) is 1.51. The highest BCUT2D eigenvalue weighted by atomic mass is 127. The Bertz CT molecular complexity index is 295. The molecule has 1 N–H and O–H groups in total. The van der Waals surface area contributed by atoms with Gasteiger partial charge in [-0.2, -0.15) is 0 Å². The molecule has 72 valence electrons. The second-order valence-electron chi connectivity index (χ2n) is 3.46. The number of imidazole rings is 1. The zero-order valence-corrected chi connectivity index (χ0v) is 9.97. The minimum Gasteiger partial charge on any atom is -0.345 e. The summed E-state index contributed by atoms with van der Waals surface area (Å²) in [5.74, 6) is 1.06. The molecule has 2 rings (SSSR count). The molecule has 0 atom stereocenters. The van der Waals surface area contributed by atoms with Crippen LogP contribution in [0.3, 0.4) is 0 Å². The summed E-state index contributed by atoms with van der Waals surface area (Å²) >= 11 is 2.43. The van der Waals surface area contributed by atoms with E-state index >= 15 is 0 Å². The van der Waals surface area contributed by atoms with E-state index in [9.17, 15) is 0 Å². The lowest BCUT2D eigenvalue weighted by atomic mass is 10.1. The Labute approximate surface area is 92.1 Å². The molecule has 1 aliphatic heterocycles. The molecular formula is C9H14IN3. The molecule has 0 saturated carbocycles. The standard InChI is InChI=1S/C9H14IN3/c1-7-11-8-2-4-13(5-3-10)6-9(8)12-7/h2-6H2,1H3,(H,11,12). The number of fused-ring (bicyclic) bond motifs is 1. The Morgan fingerprint density at radius 3 is 3.23 bits per heavy atom. The molecule has 0 aromatic carbocycles. The van der Waals surface area contributed by atoms with E-state index in [0.29, 0.717) is 0 Å². The first-order valence-corrected chi connectivity index (χ1v) is 6.15. The molecule has 0 aliphatic carbocycles. The summed E-state index contributed by atoms with van der Waals surface area (Å²) in [5.41, 5.74) is 2.61. The number of nitrogens with one attached hydrogen (secondary N) is 1. The zero-order chi connectivity index (χ0) is 9.26. The molecule has 2 heterocycles. The number of alkyl halides is 1. The Morgan fingerprint density at radius 1 is 1.62 bits per heavy atom. The number of hydrogen-bond acceptors (Lipinski definition) is 2. The van der Waals surface area contributed by atoms with E-state index in [1.165, 1.54) is 28.9 Å². The topological polar surface area (TPSA) is 31.9 Å². The number of halogens is 1. The number of aryl methyl sites for hydroxylation is 1. The average Bonchev–Trinajstić information content (AvgIpc) is 2.44. The Kier molecular flexibility index (Phi) is 2.88. The summed E-state index contributed by atoms with van der Waals surface area (Å²) in [7, 11) is 0. The van der Waals surface area contributed by atoms with Gasteiger partial charge in [-0.05, 0) is 6.92 Å². The third kappa shape index (κ3) is 2.04. The van der Waals surface area contributed by atoms with Crippen LogP contribution in [0.1, 0.15) is 17.2 Å². The molecular weight excluding hydrogens is 277 g/mol. The summed E-state index contributed by atoms with van der Waals surface area (Å²) in [6, 6.07) is 0. The molecule has 13 heavy (non-hydrogen) atoms. The van der Waals surface area contributed by atoms with Crippen LogP contribution in [0.2, 0.25) is 0 Å². The SMILES string of the molecule is Cc1nc2c([nH]1)CN(CCI)CC2. The van der Waals surface area contributed by atoms with Crippen molar-refractivity contribution in [3.8, 4) is 0 Å². The molecule has 0 unspecified atom stereocenters. The third-order valence-electron chi connectivity index (χ3n) is 2.43. The van der Waals surface area contributed by atoms with Gasteiger partial charge in [0.05, 0.1) is 11.4 Å². The average molecular weight is 291 g/mol. The molecule has 4 heteroatoms. The number of hydrogen-bond donors (Lipinski definition) is 1. The maximum atomic E-state index is 4.46. The van der Waals surface area contributed by atoms with Crippen molar-refractivity contribution in [1.29, 1.82) is 0 Å². The number of aromatic amines is 1. The van der Waals surface area contributed by atoms with Crippen LogP contribution < -0.4 is 0 Å². The van der Waals surface area contributed by atoms with Crippen molar-refractivity contribution in [1.82, 2.24) is 14.9 Å². The second kappa shape index (κ2) is 3.96. The van der Waals surface area contributed by atoms with E-state index in [0.717, 1.165) is 18.8 Å². The van der Waals surface area contributed by atoms with E-state index in [1.54, 1.807) is 0 Å². The highest BCUT2D eigenvalue weighted by Gasteiger charge is 2.18. The minimum absolute atomic E-state index is 1.05.